The Morgan fingerprint density at radius 2 is 2.05 bits per heavy atom. The molecule has 1 aromatic carbocycles. The molecule has 0 spiro atoms. The third kappa shape index (κ3) is 3.36. The third-order valence-electron chi connectivity index (χ3n) is 4.57. The van der Waals surface area contributed by atoms with Crippen LogP contribution in [0, 0.1) is 6.92 Å². The molecule has 0 saturated heterocycles. The first-order chi connectivity index (χ1) is 9.61. The van der Waals surface area contributed by atoms with E-state index in [2.05, 4.69) is 31.3 Å². The van der Waals surface area contributed by atoms with Crippen molar-refractivity contribution in [3.8, 4) is 0 Å². The van der Waals surface area contributed by atoms with Crippen molar-refractivity contribution < 1.29 is 4.74 Å². The molecule has 2 nitrogen and oxygen atoms in total. The molecule has 0 aliphatic heterocycles. The second kappa shape index (κ2) is 6.93. The van der Waals surface area contributed by atoms with Gasteiger partial charge in [-0.25, -0.2) is 0 Å². The van der Waals surface area contributed by atoms with Crippen LogP contribution in [0.25, 0.3) is 0 Å². The first-order valence-electron chi connectivity index (χ1n) is 7.65. The zero-order valence-electron chi connectivity index (χ0n) is 12.8. The first kappa shape index (κ1) is 15.8. The zero-order valence-corrected chi connectivity index (χ0v) is 13.6. The van der Waals surface area contributed by atoms with Gasteiger partial charge in [0, 0.05) is 18.2 Å². The molecule has 112 valence electrons. The van der Waals surface area contributed by atoms with Gasteiger partial charge in [0.05, 0.1) is 5.60 Å². The predicted molar refractivity (Wildman–Crippen MR) is 85.6 cm³/mol. The summed E-state index contributed by atoms with van der Waals surface area (Å²) in [6.07, 6.45) is 5.74. The molecule has 1 aliphatic carbocycles. The molecule has 1 atom stereocenters. The number of benzene rings is 1. The lowest BCUT2D eigenvalue weighted by atomic mass is 9.87. The van der Waals surface area contributed by atoms with Crippen LogP contribution >= 0.6 is 11.6 Å². The third-order valence-corrected chi connectivity index (χ3v) is 4.93. The molecule has 0 radical (unpaired) electrons. The van der Waals surface area contributed by atoms with Gasteiger partial charge in [0.15, 0.2) is 0 Å². The van der Waals surface area contributed by atoms with Crippen molar-refractivity contribution in [2.45, 2.75) is 57.6 Å². The summed E-state index contributed by atoms with van der Waals surface area (Å²) >= 11 is 6.40. The van der Waals surface area contributed by atoms with E-state index in [1.807, 2.05) is 13.2 Å². The maximum absolute atomic E-state index is 6.40. The minimum absolute atomic E-state index is 0.0236. The topological polar surface area (TPSA) is 21.3 Å². The Balaban J connectivity index is 2.20. The lowest BCUT2D eigenvalue weighted by molar-refractivity contribution is -0.0351. The summed E-state index contributed by atoms with van der Waals surface area (Å²) in [4.78, 5) is 0. The maximum atomic E-state index is 6.40. The Labute approximate surface area is 127 Å². The van der Waals surface area contributed by atoms with Crippen LogP contribution in [0.5, 0.6) is 0 Å². The Hall–Kier alpha value is -0.570. The first-order valence-corrected chi connectivity index (χ1v) is 8.02. The van der Waals surface area contributed by atoms with Crippen molar-refractivity contribution in [2.24, 2.45) is 0 Å². The normalized spacial score (nSPS) is 19.2. The van der Waals surface area contributed by atoms with Gasteiger partial charge >= 0.3 is 0 Å². The molecule has 1 fully saturated rings. The standard InChI is InChI=1S/C17H26ClNO/c1-4-19-16(17(20-3)9-5-6-10-17)12-14-8-7-13(2)11-15(14)18/h7-8,11,16,19H,4-6,9-10,12H2,1-3H3. The van der Waals surface area contributed by atoms with Gasteiger partial charge in [-0.1, -0.05) is 43.5 Å². The van der Waals surface area contributed by atoms with E-state index in [4.69, 9.17) is 16.3 Å². The van der Waals surface area contributed by atoms with E-state index in [1.54, 1.807) is 0 Å². The highest BCUT2D eigenvalue weighted by Gasteiger charge is 2.41. The fourth-order valence-electron chi connectivity index (χ4n) is 3.40. The summed E-state index contributed by atoms with van der Waals surface area (Å²) in [7, 11) is 1.85. The molecule has 1 N–H and O–H groups in total. The average Bonchev–Trinajstić information content (AvgIpc) is 2.91. The minimum atomic E-state index is -0.0236. The molecule has 1 saturated carbocycles. The average molecular weight is 296 g/mol. The summed E-state index contributed by atoms with van der Waals surface area (Å²) in [6.45, 7) is 5.19. The van der Waals surface area contributed by atoms with Gasteiger partial charge in [0.25, 0.3) is 0 Å². The molecule has 0 heterocycles. The number of methoxy groups -OCH3 is 1. The van der Waals surface area contributed by atoms with E-state index in [-0.39, 0.29) is 5.60 Å². The number of hydrogen-bond acceptors (Lipinski definition) is 2. The molecule has 1 unspecified atom stereocenters. The van der Waals surface area contributed by atoms with Crippen molar-refractivity contribution in [3.63, 3.8) is 0 Å². The Morgan fingerprint density at radius 3 is 2.60 bits per heavy atom. The summed E-state index contributed by atoms with van der Waals surface area (Å²) < 4.78 is 5.94. The van der Waals surface area contributed by atoms with Crippen molar-refractivity contribution in [2.75, 3.05) is 13.7 Å². The lowest BCUT2D eigenvalue weighted by Gasteiger charge is -2.37. The van der Waals surface area contributed by atoms with E-state index in [0.29, 0.717) is 6.04 Å². The fraction of sp³-hybridized carbons (Fsp3) is 0.647. The van der Waals surface area contributed by atoms with Gasteiger partial charge in [-0.2, -0.15) is 0 Å². The van der Waals surface area contributed by atoms with Crippen LogP contribution in [0.1, 0.15) is 43.7 Å². The van der Waals surface area contributed by atoms with Gasteiger partial charge in [-0.05, 0) is 49.9 Å². The highest BCUT2D eigenvalue weighted by Crippen LogP contribution is 2.37. The van der Waals surface area contributed by atoms with E-state index in [9.17, 15) is 0 Å². The number of ether oxygens (including phenoxy) is 1. The van der Waals surface area contributed by atoms with Crippen LogP contribution in [-0.2, 0) is 11.2 Å². The van der Waals surface area contributed by atoms with Gasteiger partial charge in [0.1, 0.15) is 0 Å². The van der Waals surface area contributed by atoms with Gasteiger partial charge in [-0.3, -0.25) is 0 Å². The summed E-state index contributed by atoms with van der Waals surface area (Å²) in [6, 6.07) is 6.67. The minimum Gasteiger partial charge on any atom is -0.377 e. The van der Waals surface area contributed by atoms with Crippen molar-refractivity contribution in [1.29, 1.82) is 0 Å². The number of aryl methyl sites for hydroxylation is 1. The summed E-state index contributed by atoms with van der Waals surface area (Å²) in [5.41, 5.74) is 2.40. The van der Waals surface area contributed by atoms with Crippen molar-refractivity contribution in [1.82, 2.24) is 5.32 Å². The van der Waals surface area contributed by atoms with Crippen LogP contribution in [0.4, 0.5) is 0 Å². The van der Waals surface area contributed by atoms with Crippen molar-refractivity contribution in [3.05, 3.63) is 34.3 Å². The number of likely N-dealkylation sites (N-methyl/N-ethyl adjacent to an activating group) is 1. The van der Waals surface area contributed by atoms with Crippen LogP contribution in [-0.4, -0.2) is 25.3 Å². The lowest BCUT2D eigenvalue weighted by Crippen LogP contribution is -2.51. The Kier molecular flexibility index (Phi) is 5.48. The Morgan fingerprint density at radius 1 is 1.35 bits per heavy atom. The van der Waals surface area contributed by atoms with Crippen LogP contribution in [0.3, 0.4) is 0 Å². The molecule has 0 aromatic heterocycles. The molecule has 20 heavy (non-hydrogen) atoms. The monoisotopic (exact) mass is 295 g/mol. The molecule has 0 amide bonds. The van der Waals surface area contributed by atoms with Crippen LogP contribution in [0.2, 0.25) is 5.02 Å². The molecular weight excluding hydrogens is 270 g/mol. The highest BCUT2D eigenvalue weighted by atomic mass is 35.5. The largest absolute Gasteiger partial charge is 0.377 e. The molecule has 3 heteroatoms. The van der Waals surface area contributed by atoms with Crippen LogP contribution in [0.15, 0.2) is 18.2 Å². The SMILES string of the molecule is CCNC(Cc1ccc(C)cc1Cl)C1(OC)CCCC1. The van der Waals surface area contributed by atoms with Crippen molar-refractivity contribution >= 4 is 11.6 Å². The maximum Gasteiger partial charge on any atom is 0.0834 e. The molecule has 1 aliphatic rings. The predicted octanol–water partition coefficient (Wildman–Crippen LogP) is 4.13. The van der Waals surface area contributed by atoms with E-state index >= 15 is 0 Å². The second-order valence-corrected chi connectivity index (χ2v) is 6.29. The van der Waals surface area contributed by atoms with Gasteiger partial charge in [-0.15, -0.1) is 0 Å². The summed E-state index contributed by atoms with van der Waals surface area (Å²) in [5.74, 6) is 0. The smallest absolute Gasteiger partial charge is 0.0834 e. The second-order valence-electron chi connectivity index (χ2n) is 5.89. The molecule has 0 bridgehead atoms. The number of rotatable bonds is 6. The molecule has 1 aromatic rings. The van der Waals surface area contributed by atoms with E-state index in [0.717, 1.165) is 30.8 Å². The zero-order chi connectivity index (χ0) is 14.6. The van der Waals surface area contributed by atoms with Gasteiger partial charge < -0.3 is 10.1 Å². The number of hydrogen-bond donors (Lipinski definition) is 1. The molecular formula is C17H26ClNO. The van der Waals surface area contributed by atoms with E-state index in [1.165, 1.54) is 24.0 Å². The molecule has 2 rings (SSSR count). The quantitative estimate of drug-likeness (QED) is 0.852. The Bertz CT molecular complexity index is 441. The fourth-order valence-corrected chi connectivity index (χ4v) is 3.71. The highest BCUT2D eigenvalue weighted by molar-refractivity contribution is 6.31. The number of halogens is 1. The van der Waals surface area contributed by atoms with E-state index < -0.39 is 0 Å². The van der Waals surface area contributed by atoms with Gasteiger partial charge in [0.2, 0.25) is 0 Å². The summed E-state index contributed by atoms with van der Waals surface area (Å²) in [5, 5.41) is 4.50. The van der Waals surface area contributed by atoms with Crippen LogP contribution < -0.4 is 5.32 Å². The number of nitrogens with one attached hydrogen (secondary N) is 1.